The van der Waals surface area contributed by atoms with Crippen molar-refractivity contribution in [3.63, 3.8) is 0 Å². The molecule has 0 amide bonds. The summed E-state index contributed by atoms with van der Waals surface area (Å²) in [6, 6.07) is 12.1. The molecule has 0 aliphatic carbocycles. The van der Waals surface area contributed by atoms with E-state index in [4.69, 9.17) is 0 Å². The lowest BCUT2D eigenvalue weighted by Gasteiger charge is -2.01. The monoisotopic (exact) mass is 198 g/mol. The van der Waals surface area contributed by atoms with Gasteiger partial charge in [-0.3, -0.25) is 9.97 Å². The van der Waals surface area contributed by atoms with Crippen LogP contribution in [-0.4, -0.2) is 9.97 Å². The van der Waals surface area contributed by atoms with Crippen molar-refractivity contribution in [2.75, 3.05) is 0 Å². The molecule has 0 bridgehead atoms. The maximum Gasteiger partial charge on any atom is 0.0410 e. The molecule has 2 rings (SSSR count). The van der Waals surface area contributed by atoms with E-state index in [2.05, 4.69) is 28.2 Å². The molecule has 15 heavy (non-hydrogen) atoms. The van der Waals surface area contributed by atoms with Gasteiger partial charge in [0, 0.05) is 23.3 Å². The van der Waals surface area contributed by atoms with E-state index in [1.165, 1.54) is 0 Å². The van der Waals surface area contributed by atoms with Crippen LogP contribution in [0.15, 0.2) is 42.6 Å². The Labute approximate surface area is 90.0 Å². The second kappa shape index (κ2) is 4.69. The minimum atomic E-state index is 0.956. The Morgan fingerprint density at radius 2 is 1.73 bits per heavy atom. The van der Waals surface area contributed by atoms with Crippen LogP contribution in [0.5, 0.6) is 0 Å². The van der Waals surface area contributed by atoms with Crippen molar-refractivity contribution < 1.29 is 0 Å². The van der Waals surface area contributed by atoms with Gasteiger partial charge in [-0.05, 0) is 44.0 Å². The van der Waals surface area contributed by atoms with Crippen LogP contribution >= 0.6 is 0 Å². The van der Waals surface area contributed by atoms with Gasteiger partial charge in [0.15, 0.2) is 0 Å². The van der Waals surface area contributed by atoms with Crippen LogP contribution in [0.4, 0.5) is 0 Å². The van der Waals surface area contributed by atoms with Gasteiger partial charge < -0.3 is 0 Å². The van der Waals surface area contributed by atoms with E-state index in [0.717, 1.165) is 29.9 Å². The van der Waals surface area contributed by atoms with Gasteiger partial charge in [-0.25, -0.2) is 0 Å². The molecule has 0 aromatic carbocycles. The molecular formula is C13H14N2. The Morgan fingerprint density at radius 3 is 2.47 bits per heavy atom. The quantitative estimate of drug-likeness (QED) is 0.757. The smallest absolute Gasteiger partial charge is 0.0410 e. The summed E-state index contributed by atoms with van der Waals surface area (Å²) in [4.78, 5) is 8.75. The van der Waals surface area contributed by atoms with Gasteiger partial charge in [0.1, 0.15) is 0 Å². The van der Waals surface area contributed by atoms with Crippen LogP contribution in [0.25, 0.3) is 0 Å². The molecule has 0 fully saturated rings. The first-order valence-corrected chi connectivity index (χ1v) is 5.17. The Morgan fingerprint density at radius 1 is 0.933 bits per heavy atom. The number of nitrogens with zero attached hydrogens (tertiary/aromatic N) is 2. The molecule has 0 spiro atoms. The third-order valence-corrected chi connectivity index (χ3v) is 2.31. The summed E-state index contributed by atoms with van der Waals surface area (Å²) in [6.07, 6.45) is 3.75. The Balaban J connectivity index is 1.99. The topological polar surface area (TPSA) is 25.8 Å². The number of hydrogen-bond donors (Lipinski definition) is 0. The van der Waals surface area contributed by atoms with Gasteiger partial charge in [0.25, 0.3) is 0 Å². The second-order valence-electron chi connectivity index (χ2n) is 3.59. The molecule has 0 aliphatic heterocycles. The van der Waals surface area contributed by atoms with Crippen molar-refractivity contribution in [3.8, 4) is 0 Å². The second-order valence-corrected chi connectivity index (χ2v) is 3.59. The van der Waals surface area contributed by atoms with Gasteiger partial charge in [-0.2, -0.15) is 0 Å². The first-order valence-electron chi connectivity index (χ1n) is 5.17. The highest BCUT2D eigenvalue weighted by atomic mass is 14.7. The molecule has 2 heteroatoms. The number of hydrogen-bond acceptors (Lipinski definition) is 2. The predicted octanol–water partition coefficient (Wildman–Crippen LogP) is 2.57. The fourth-order valence-electron chi connectivity index (χ4n) is 1.54. The van der Waals surface area contributed by atoms with E-state index < -0.39 is 0 Å². The largest absolute Gasteiger partial charge is 0.261 e. The molecule has 2 heterocycles. The number of aryl methyl sites for hydroxylation is 3. The highest BCUT2D eigenvalue weighted by Crippen LogP contribution is 2.03. The fourth-order valence-corrected chi connectivity index (χ4v) is 1.54. The van der Waals surface area contributed by atoms with Crippen LogP contribution < -0.4 is 0 Å². The number of aromatic nitrogens is 2. The maximum atomic E-state index is 4.46. The normalized spacial score (nSPS) is 10.2. The summed E-state index contributed by atoms with van der Waals surface area (Å²) in [5.41, 5.74) is 3.34. The highest BCUT2D eigenvalue weighted by molar-refractivity contribution is 5.12. The fraction of sp³-hybridized carbons (Fsp3) is 0.231. The zero-order valence-electron chi connectivity index (χ0n) is 8.85. The van der Waals surface area contributed by atoms with Gasteiger partial charge in [0.2, 0.25) is 0 Å². The summed E-state index contributed by atoms with van der Waals surface area (Å²) in [5, 5.41) is 0. The zero-order chi connectivity index (χ0) is 10.5. The summed E-state index contributed by atoms with van der Waals surface area (Å²) < 4.78 is 0. The van der Waals surface area contributed by atoms with E-state index in [0.29, 0.717) is 0 Å². The number of pyridine rings is 2. The van der Waals surface area contributed by atoms with Crippen LogP contribution in [0.2, 0.25) is 0 Å². The van der Waals surface area contributed by atoms with E-state index in [9.17, 15) is 0 Å². The summed E-state index contributed by atoms with van der Waals surface area (Å²) in [5.74, 6) is 0. The van der Waals surface area contributed by atoms with Gasteiger partial charge in [-0.1, -0.05) is 12.1 Å². The molecule has 76 valence electrons. The highest BCUT2D eigenvalue weighted by Gasteiger charge is 1.97. The molecule has 0 radical (unpaired) electrons. The minimum absolute atomic E-state index is 0.956. The van der Waals surface area contributed by atoms with Crippen molar-refractivity contribution >= 4 is 0 Å². The van der Waals surface area contributed by atoms with E-state index in [1.54, 1.807) is 0 Å². The summed E-state index contributed by atoms with van der Waals surface area (Å²) in [7, 11) is 0. The van der Waals surface area contributed by atoms with Crippen LogP contribution in [0.3, 0.4) is 0 Å². The van der Waals surface area contributed by atoms with Gasteiger partial charge in [0.05, 0.1) is 0 Å². The number of rotatable bonds is 3. The Hall–Kier alpha value is -1.70. The molecule has 0 unspecified atom stereocenters. The first-order chi connectivity index (χ1) is 7.34. The average molecular weight is 198 g/mol. The van der Waals surface area contributed by atoms with Crippen molar-refractivity contribution in [1.29, 1.82) is 0 Å². The molecule has 2 aromatic heterocycles. The molecule has 2 nitrogen and oxygen atoms in total. The molecule has 0 aliphatic rings. The molecule has 0 N–H and O–H groups in total. The van der Waals surface area contributed by atoms with E-state index in [-0.39, 0.29) is 0 Å². The maximum absolute atomic E-state index is 4.46. The van der Waals surface area contributed by atoms with Crippen molar-refractivity contribution in [2.45, 2.75) is 19.8 Å². The Bertz CT molecular complexity index is 424. The van der Waals surface area contributed by atoms with E-state index >= 15 is 0 Å². The van der Waals surface area contributed by atoms with Crippen LogP contribution in [0, 0.1) is 6.92 Å². The lowest BCUT2D eigenvalue weighted by Crippen LogP contribution is -1.96. The molecule has 2 aromatic rings. The first kappa shape index (κ1) is 9.84. The van der Waals surface area contributed by atoms with Gasteiger partial charge in [-0.15, -0.1) is 0 Å². The Kier molecular flexibility index (Phi) is 3.08. The third-order valence-electron chi connectivity index (χ3n) is 2.31. The van der Waals surface area contributed by atoms with Crippen molar-refractivity contribution in [1.82, 2.24) is 9.97 Å². The van der Waals surface area contributed by atoms with Crippen molar-refractivity contribution in [3.05, 3.63) is 59.7 Å². The molecule has 0 atom stereocenters. The molecule has 0 saturated carbocycles. The van der Waals surface area contributed by atoms with E-state index in [1.807, 2.05) is 31.3 Å². The van der Waals surface area contributed by atoms with Gasteiger partial charge >= 0.3 is 0 Å². The predicted molar refractivity (Wildman–Crippen MR) is 60.6 cm³/mol. The standard InChI is InChI=1S/C13H14N2/c1-11-5-4-7-13(15-11)9-8-12-6-2-3-10-14-12/h2-7,10H,8-9H2,1H3. The SMILES string of the molecule is Cc1cccc(CCc2ccccn2)n1. The van der Waals surface area contributed by atoms with Crippen LogP contribution in [0.1, 0.15) is 17.1 Å². The minimum Gasteiger partial charge on any atom is -0.261 e. The summed E-state index contributed by atoms with van der Waals surface area (Å²) in [6.45, 7) is 2.02. The van der Waals surface area contributed by atoms with Crippen LogP contribution in [-0.2, 0) is 12.8 Å². The molecular weight excluding hydrogens is 184 g/mol. The average Bonchev–Trinajstić information content (AvgIpc) is 2.28. The molecule has 0 saturated heterocycles. The third kappa shape index (κ3) is 2.88. The van der Waals surface area contributed by atoms with Crippen molar-refractivity contribution in [2.24, 2.45) is 0 Å². The zero-order valence-corrected chi connectivity index (χ0v) is 8.85. The lowest BCUT2D eigenvalue weighted by atomic mass is 10.1. The summed E-state index contributed by atoms with van der Waals surface area (Å²) >= 11 is 0. The lowest BCUT2D eigenvalue weighted by molar-refractivity contribution is 0.872.